The van der Waals surface area contributed by atoms with Crippen LogP contribution in [0, 0.1) is 27.7 Å². The molecule has 0 N–H and O–H groups in total. The topological polar surface area (TPSA) is 58.0 Å². The normalized spacial score (nSPS) is 14.9. The highest BCUT2D eigenvalue weighted by molar-refractivity contribution is 5.76. The lowest BCUT2D eigenvalue weighted by Gasteiger charge is -2.37. The Morgan fingerprint density at radius 3 is 1.88 bits per heavy atom. The molecule has 6 nitrogen and oxygen atoms in total. The average molecular weight is 348 g/mol. The number of para-hydroxylation sites is 2. The van der Waals surface area contributed by atoms with Crippen LogP contribution >= 0.6 is 0 Å². The Balaban J connectivity index is 1.57. The van der Waals surface area contributed by atoms with Gasteiger partial charge in [-0.05, 0) is 39.8 Å². The lowest BCUT2D eigenvalue weighted by Crippen LogP contribution is -2.47. The Morgan fingerprint density at radius 2 is 1.23 bits per heavy atom. The van der Waals surface area contributed by atoms with E-state index < -0.39 is 0 Å². The molecule has 1 fully saturated rings. The third kappa shape index (κ3) is 2.96. The zero-order chi connectivity index (χ0) is 18.3. The van der Waals surface area contributed by atoms with Crippen LogP contribution in [0.25, 0.3) is 11.0 Å². The molecule has 1 saturated heterocycles. The molecule has 4 rings (SSSR count). The highest BCUT2D eigenvalue weighted by Crippen LogP contribution is 2.24. The van der Waals surface area contributed by atoms with Crippen LogP contribution in [0.3, 0.4) is 0 Å². The summed E-state index contributed by atoms with van der Waals surface area (Å²) in [6, 6.07) is 8.05. The number of aryl methyl sites for hydroxylation is 3. The van der Waals surface area contributed by atoms with Crippen molar-refractivity contribution in [3.63, 3.8) is 0 Å². The van der Waals surface area contributed by atoms with Gasteiger partial charge in [0.25, 0.3) is 0 Å². The summed E-state index contributed by atoms with van der Waals surface area (Å²) in [5, 5.41) is 0. The number of benzene rings is 1. The highest BCUT2D eigenvalue weighted by Gasteiger charge is 2.23. The molecule has 134 valence electrons. The van der Waals surface area contributed by atoms with Gasteiger partial charge >= 0.3 is 0 Å². The van der Waals surface area contributed by atoms with Gasteiger partial charge in [0, 0.05) is 37.4 Å². The van der Waals surface area contributed by atoms with E-state index in [-0.39, 0.29) is 0 Å². The van der Waals surface area contributed by atoms with Gasteiger partial charge in [-0.25, -0.2) is 19.9 Å². The summed E-state index contributed by atoms with van der Waals surface area (Å²) in [4.78, 5) is 23.4. The number of fused-ring (bicyclic) bond motifs is 1. The molecule has 1 aliphatic rings. The summed E-state index contributed by atoms with van der Waals surface area (Å²) in [6.45, 7) is 11.8. The van der Waals surface area contributed by atoms with Crippen LogP contribution in [0.5, 0.6) is 0 Å². The quantitative estimate of drug-likeness (QED) is 0.710. The van der Waals surface area contributed by atoms with Crippen molar-refractivity contribution in [3.8, 4) is 0 Å². The first kappa shape index (κ1) is 16.7. The maximum atomic E-state index is 4.86. The van der Waals surface area contributed by atoms with Crippen LogP contribution in [0.4, 0.5) is 11.6 Å². The predicted octanol–water partition coefficient (Wildman–Crippen LogP) is 2.98. The molecule has 6 heteroatoms. The molecule has 0 radical (unpaired) electrons. The zero-order valence-corrected chi connectivity index (χ0v) is 15.8. The van der Waals surface area contributed by atoms with Crippen molar-refractivity contribution < 1.29 is 0 Å². The average Bonchev–Trinajstić information content (AvgIpc) is 2.64. The molecule has 1 aromatic carbocycles. The van der Waals surface area contributed by atoms with Crippen molar-refractivity contribution >= 4 is 22.7 Å². The minimum atomic E-state index is 0.835. The number of hydrogen-bond acceptors (Lipinski definition) is 6. The van der Waals surface area contributed by atoms with E-state index in [1.54, 1.807) is 0 Å². The molecule has 0 atom stereocenters. The molecule has 26 heavy (non-hydrogen) atoms. The molecule has 0 amide bonds. The van der Waals surface area contributed by atoms with Gasteiger partial charge in [-0.1, -0.05) is 12.1 Å². The van der Waals surface area contributed by atoms with E-state index in [0.717, 1.165) is 66.1 Å². The molecule has 0 spiro atoms. The maximum absolute atomic E-state index is 4.86. The fourth-order valence-corrected chi connectivity index (χ4v) is 3.57. The van der Waals surface area contributed by atoms with Crippen molar-refractivity contribution in [2.45, 2.75) is 27.7 Å². The Kier molecular flexibility index (Phi) is 4.18. The lowest BCUT2D eigenvalue weighted by molar-refractivity contribution is 0.636. The second-order valence-electron chi connectivity index (χ2n) is 6.90. The van der Waals surface area contributed by atoms with E-state index >= 15 is 0 Å². The Labute approximate surface area is 153 Å². The third-order valence-electron chi connectivity index (χ3n) is 5.07. The molecular formula is C20H24N6. The van der Waals surface area contributed by atoms with Crippen LogP contribution in [0.2, 0.25) is 0 Å². The molecule has 0 aliphatic carbocycles. The van der Waals surface area contributed by atoms with E-state index in [1.807, 2.05) is 38.1 Å². The third-order valence-corrected chi connectivity index (χ3v) is 5.07. The summed E-state index contributed by atoms with van der Waals surface area (Å²) < 4.78 is 0. The largest absolute Gasteiger partial charge is 0.353 e. The van der Waals surface area contributed by atoms with E-state index in [0.29, 0.717) is 0 Å². The van der Waals surface area contributed by atoms with Crippen LogP contribution in [0.1, 0.15) is 22.8 Å². The van der Waals surface area contributed by atoms with Gasteiger partial charge in [0.15, 0.2) is 5.82 Å². The molecule has 0 unspecified atom stereocenters. The number of rotatable bonds is 2. The van der Waals surface area contributed by atoms with Crippen LogP contribution in [0.15, 0.2) is 24.3 Å². The van der Waals surface area contributed by atoms with Gasteiger partial charge in [0.1, 0.15) is 11.6 Å². The Bertz CT molecular complexity index is 960. The van der Waals surface area contributed by atoms with Gasteiger partial charge in [-0.15, -0.1) is 0 Å². The molecule has 1 aliphatic heterocycles. The number of hydrogen-bond donors (Lipinski definition) is 0. The van der Waals surface area contributed by atoms with Crippen LogP contribution in [-0.4, -0.2) is 46.1 Å². The van der Waals surface area contributed by atoms with E-state index in [9.17, 15) is 0 Å². The summed E-state index contributed by atoms with van der Waals surface area (Å²) in [5.41, 5.74) is 5.13. The highest BCUT2D eigenvalue weighted by atomic mass is 15.3. The minimum Gasteiger partial charge on any atom is -0.353 e. The summed E-state index contributed by atoms with van der Waals surface area (Å²) in [7, 11) is 0. The summed E-state index contributed by atoms with van der Waals surface area (Å²) >= 11 is 0. The zero-order valence-electron chi connectivity index (χ0n) is 15.8. The molecule has 0 saturated carbocycles. The maximum Gasteiger partial charge on any atom is 0.150 e. The molecule has 3 heterocycles. The van der Waals surface area contributed by atoms with Gasteiger partial charge in [-0.2, -0.15) is 0 Å². The number of piperazine rings is 1. The molecule has 2 aromatic heterocycles. The molecular weight excluding hydrogens is 324 g/mol. The fourth-order valence-electron chi connectivity index (χ4n) is 3.57. The van der Waals surface area contributed by atoms with Crippen molar-refractivity contribution in [3.05, 3.63) is 47.0 Å². The lowest BCUT2D eigenvalue weighted by atomic mass is 10.2. The number of aromatic nitrogens is 4. The van der Waals surface area contributed by atoms with Crippen LogP contribution in [-0.2, 0) is 0 Å². The molecule has 0 bridgehead atoms. The van der Waals surface area contributed by atoms with Gasteiger partial charge in [0.2, 0.25) is 0 Å². The molecule has 3 aromatic rings. The van der Waals surface area contributed by atoms with E-state index in [1.165, 1.54) is 5.56 Å². The van der Waals surface area contributed by atoms with E-state index in [4.69, 9.17) is 9.97 Å². The standard InChI is InChI=1S/C20H24N6/c1-13-14(2)21-16(4)23-19(13)25-9-11-26(12-10-25)20-15(3)22-17-7-5-6-8-18(17)24-20/h5-8H,9-12H2,1-4H3. The summed E-state index contributed by atoms with van der Waals surface area (Å²) in [5.74, 6) is 2.90. The first-order valence-electron chi connectivity index (χ1n) is 9.08. The summed E-state index contributed by atoms with van der Waals surface area (Å²) in [6.07, 6.45) is 0. The van der Waals surface area contributed by atoms with Gasteiger partial charge < -0.3 is 9.80 Å². The number of anilines is 2. The fraction of sp³-hybridized carbons (Fsp3) is 0.400. The minimum absolute atomic E-state index is 0.835. The Hall–Kier alpha value is -2.76. The van der Waals surface area contributed by atoms with E-state index in [2.05, 4.69) is 33.6 Å². The predicted molar refractivity (Wildman–Crippen MR) is 105 cm³/mol. The Morgan fingerprint density at radius 1 is 0.654 bits per heavy atom. The smallest absolute Gasteiger partial charge is 0.150 e. The van der Waals surface area contributed by atoms with Crippen molar-refractivity contribution in [1.29, 1.82) is 0 Å². The van der Waals surface area contributed by atoms with Gasteiger partial charge in [-0.3, -0.25) is 0 Å². The van der Waals surface area contributed by atoms with Crippen molar-refractivity contribution in [2.24, 2.45) is 0 Å². The SMILES string of the molecule is Cc1nc(C)c(C)c(N2CCN(c3nc4ccccc4nc3C)CC2)n1. The van der Waals surface area contributed by atoms with Crippen molar-refractivity contribution in [1.82, 2.24) is 19.9 Å². The first-order chi connectivity index (χ1) is 12.5. The monoisotopic (exact) mass is 348 g/mol. The second-order valence-corrected chi connectivity index (χ2v) is 6.90. The van der Waals surface area contributed by atoms with Crippen LogP contribution < -0.4 is 9.80 Å². The second kappa shape index (κ2) is 6.52. The van der Waals surface area contributed by atoms with Crippen molar-refractivity contribution in [2.75, 3.05) is 36.0 Å². The number of nitrogens with zero attached hydrogens (tertiary/aromatic N) is 6. The van der Waals surface area contributed by atoms with Gasteiger partial charge in [0.05, 0.1) is 16.7 Å². The first-order valence-corrected chi connectivity index (χ1v) is 9.08.